The Balaban J connectivity index is 1.59. The molecule has 1 aromatic rings. The number of rotatable bonds is 4. The van der Waals surface area contributed by atoms with Gasteiger partial charge in [-0.3, -0.25) is 9.59 Å². The summed E-state index contributed by atoms with van der Waals surface area (Å²) in [4.78, 5) is 26.3. The molecule has 0 spiro atoms. The number of carbonyl (C=O) groups excluding carboxylic acids is 2. The molecule has 0 aliphatic carbocycles. The van der Waals surface area contributed by atoms with Crippen LogP contribution in [0.3, 0.4) is 0 Å². The average molecular weight is 380 g/mol. The number of amides is 2. The monoisotopic (exact) mass is 379 g/mol. The van der Waals surface area contributed by atoms with E-state index in [0.29, 0.717) is 25.6 Å². The highest BCUT2D eigenvalue weighted by Gasteiger charge is 2.35. The van der Waals surface area contributed by atoms with Crippen LogP contribution in [0, 0.1) is 12.8 Å². The van der Waals surface area contributed by atoms with E-state index in [1.807, 2.05) is 25.1 Å². The molecule has 2 atom stereocenters. The number of anilines is 1. The summed E-state index contributed by atoms with van der Waals surface area (Å²) < 4.78 is 1.02. The van der Waals surface area contributed by atoms with E-state index in [2.05, 4.69) is 26.6 Å². The van der Waals surface area contributed by atoms with E-state index in [-0.39, 0.29) is 17.7 Å². The maximum Gasteiger partial charge on any atom is 0.227 e. The highest BCUT2D eigenvalue weighted by molar-refractivity contribution is 9.10. The average Bonchev–Trinajstić information content (AvgIpc) is 3.17. The number of hydrogen-bond donors (Lipinski definition) is 2. The van der Waals surface area contributed by atoms with Gasteiger partial charge in [0.2, 0.25) is 11.8 Å². The maximum absolute atomic E-state index is 12.3. The van der Waals surface area contributed by atoms with Gasteiger partial charge < -0.3 is 15.5 Å². The highest BCUT2D eigenvalue weighted by atomic mass is 79.9. The molecule has 2 unspecified atom stereocenters. The molecule has 5 nitrogen and oxygen atoms in total. The summed E-state index contributed by atoms with van der Waals surface area (Å²) in [5.41, 5.74) is 1.94. The third-order valence-electron chi connectivity index (χ3n) is 4.63. The van der Waals surface area contributed by atoms with E-state index < -0.39 is 0 Å². The first-order valence-electron chi connectivity index (χ1n) is 8.12. The van der Waals surface area contributed by atoms with Gasteiger partial charge in [-0.05, 0) is 50.1 Å². The molecular formula is C17H22BrN3O2. The summed E-state index contributed by atoms with van der Waals surface area (Å²) in [5, 5.41) is 6.35. The molecule has 124 valence electrons. The van der Waals surface area contributed by atoms with Gasteiger partial charge in [0, 0.05) is 35.7 Å². The predicted molar refractivity (Wildman–Crippen MR) is 93.4 cm³/mol. The van der Waals surface area contributed by atoms with Crippen LogP contribution in [-0.4, -0.2) is 37.5 Å². The van der Waals surface area contributed by atoms with E-state index >= 15 is 0 Å². The molecule has 23 heavy (non-hydrogen) atoms. The van der Waals surface area contributed by atoms with Crippen molar-refractivity contribution in [3.8, 4) is 0 Å². The summed E-state index contributed by atoms with van der Waals surface area (Å²) in [6, 6.07) is 6.21. The fraction of sp³-hybridized carbons (Fsp3) is 0.529. The van der Waals surface area contributed by atoms with Gasteiger partial charge in [-0.25, -0.2) is 0 Å². The van der Waals surface area contributed by atoms with Crippen molar-refractivity contribution in [1.82, 2.24) is 10.6 Å². The predicted octanol–water partition coefficient (Wildman–Crippen LogP) is 1.98. The Morgan fingerprint density at radius 1 is 1.48 bits per heavy atom. The Labute approximate surface area is 144 Å². The molecule has 0 saturated carbocycles. The smallest absolute Gasteiger partial charge is 0.227 e. The van der Waals surface area contributed by atoms with E-state index in [0.717, 1.165) is 28.7 Å². The lowest BCUT2D eigenvalue weighted by molar-refractivity contribution is -0.126. The van der Waals surface area contributed by atoms with Crippen LogP contribution >= 0.6 is 15.9 Å². The van der Waals surface area contributed by atoms with Gasteiger partial charge in [0.05, 0.1) is 5.92 Å². The van der Waals surface area contributed by atoms with Gasteiger partial charge in [0.15, 0.2) is 0 Å². The Morgan fingerprint density at radius 2 is 2.30 bits per heavy atom. The number of nitrogens with one attached hydrogen (secondary N) is 2. The lowest BCUT2D eigenvalue weighted by Crippen LogP contribution is -2.40. The number of nitrogens with zero attached hydrogens (tertiary/aromatic N) is 1. The van der Waals surface area contributed by atoms with Crippen LogP contribution in [0.1, 0.15) is 24.8 Å². The first kappa shape index (κ1) is 16.5. The molecule has 1 aromatic carbocycles. The van der Waals surface area contributed by atoms with Crippen molar-refractivity contribution >= 4 is 33.4 Å². The molecular weight excluding hydrogens is 358 g/mol. The molecule has 2 heterocycles. The summed E-state index contributed by atoms with van der Waals surface area (Å²) in [7, 11) is 0. The van der Waals surface area contributed by atoms with E-state index in [1.165, 1.54) is 6.42 Å². The third kappa shape index (κ3) is 3.75. The minimum Gasteiger partial charge on any atom is -0.354 e. The minimum absolute atomic E-state index is 0.0108. The fourth-order valence-corrected chi connectivity index (χ4v) is 3.48. The zero-order valence-corrected chi connectivity index (χ0v) is 14.9. The van der Waals surface area contributed by atoms with Gasteiger partial charge >= 0.3 is 0 Å². The molecule has 0 aromatic heterocycles. The third-order valence-corrected chi connectivity index (χ3v) is 5.52. The van der Waals surface area contributed by atoms with Crippen molar-refractivity contribution in [3.63, 3.8) is 0 Å². The lowest BCUT2D eigenvalue weighted by Gasteiger charge is -2.18. The van der Waals surface area contributed by atoms with Crippen molar-refractivity contribution in [2.45, 2.75) is 32.2 Å². The van der Waals surface area contributed by atoms with Crippen LogP contribution in [-0.2, 0) is 9.59 Å². The molecule has 0 bridgehead atoms. The zero-order valence-electron chi connectivity index (χ0n) is 13.3. The molecule has 2 aliphatic heterocycles. The zero-order chi connectivity index (χ0) is 16.4. The Bertz CT molecular complexity index is 614. The fourth-order valence-electron chi connectivity index (χ4n) is 3.23. The van der Waals surface area contributed by atoms with Gasteiger partial charge in [-0.2, -0.15) is 0 Å². The van der Waals surface area contributed by atoms with Crippen LogP contribution in [0.4, 0.5) is 5.69 Å². The molecule has 2 N–H and O–H groups in total. The van der Waals surface area contributed by atoms with Crippen molar-refractivity contribution in [2.24, 2.45) is 5.92 Å². The van der Waals surface area contributed by atoms with E-state index in [1.54, 1.807) is 4.90 Å². The number of halogens is 1. The van der Waals surface area contributed by atoms with Crippen LogP contribution in [0.2, 0.25) is 0 Å². The largest absolute Gasteiger partial charge is 0.354 e. The van der Waals surface area contributed by atoms with Crippen molar-refractivity contribution in [3.05, 3.63) is 28.2 Å². The molecule has 2 fully saturated rings. The second-order valence-corrected chi connectivity index (χ2v) is 7.23. The first-order chi connectivity index (χ1) is 11.0. The first-order valence-corrected chi connectivity index (χ1v) is 8.91. The SMILES string of the molecule is Cc1cc(N2CC(C(=O)NCC3CCCN3)CC2=O)ccc1Br. The maximum atomic E-state index is 12.3. The Morgan fingerprint density at radius 3 is 3.00 bits per heavy atom. The molecule has 2 aliphatic rings. The Hall–Kier alpha value is -1.40. The second-order valence-electron chi connectivity index (χ2n) is 6.38. The summed E-state index contributed by atoms with van der Waals surface area (Å²) >= 11 is 3.47. The number of benzene rings is 1. The standard InChI is InChI=1S/C17H22BrN3O2/c1-11-7-14(4-5-15(11)18)21-10-12(8-16(21)22)17(23)20-9-13-3-2-6-19-13/h4-5,7,12-13,19H,2-3,6,8-10H2,1H3,(H,20,23). The molecule has 2 amide bonds. The molecule has 0 radical (unpaired) electrons. The number of hydrogen-bond acceptors (Lipinski definition) is 3. The quantitative estimate of drug-likeness (QED) is 0.840. The minimum atomic E-state index is -0.257. The molecule has 3 rings (SSSR count). The molecule has 2 saturated heterocycles. The van der Waals surface area contributed by atoms with Gasteiger partial charge in [0.25, 0.3) is 0 Å². The van der Waals surface area contributed by atoms with E-state index in [4.69, 9.17) is 0 Å². The van der Waals surface area contributed by atoms with Crippen LogP contribution in [0.15, 0.2) is 22.7 Å². The van der Waals surface area contributed by atoms with Crippen LogP contribution in [0.25, 0.3) is 0 Å². The van der Waals surface area contributed by atoms with Crippen LogP contribution in [0.5, 0.6) is 0 Å². The summed E-state index contributed by atoms with van der Waals surface area (Å²) in [6.45, 7) is 4.14. The lowest BCUT2D eigenvalue weighted by atomic mass is 10.1. The number of carbonyl (C=O) groups is 2. The van der Waals surface area contributed by atoms with Crippen molar-refractivity contribution < 1.29 is 9.59 Å². The highest BCUT2D eigenvalue weighted by Crippen LogP contribution is 2.28. The van der Waals surface area contributed by atoms with Gasteiger partial charge in [-0.15, -0.1) is 0 Å². The normalized spacial score (nSPS) is 24.3. The topological polar surface area (TPSA) is 61.4 Å². The number of aryl methyl sites for hydroxylation is 1. The van der Waals surface area contributed by atoms with Crippen LogP contribution < -0.4 is 15.5 Å². The summed E-state index contributed by atoms with van der Waals surface area (Å²) in [5.74, 6) is -0.248. The van der Waals surface area contributed by atoms with Crippen molar-refractivity contribution in [1.29, 1.82) is 0 Å². The summed E-state index contributed by atoms with van der Waals surface area (Å²) in [6.07, 6.45) is 2.56. The van der Waals surface area contributed by atoms with Gasteiger partial charge in [-0.1, -0.05) is 15.9 Å². The Kier molecular flexibility index (Phi) is 5.02. The molecule has 6 heteroatoms. The van der Waals surface area contributed by atoms with E-state index in [9.17, 15) is 9.59 Å². The van der Waals surface area contributed by atoms with Crippen molar-refractivity contribution in [2.75, 3.05) is 24.5 Å². The second kappa shape index (κ2) is 7.01. The van der Waals surface area contributed by atoms with Gasteiger partial charge in [0.1, 0.15) is 0 Å².